The quantitative estimate of drug-likeness (QED) is 0.472. The number of nitrogens with zero attached hydrogens (tertiary/aromatic N) is 1. The van der Waals surface area contributed by atoms with Crippen LogP contribution >= 0.6 is 0 Å². The Labute approximate surface area is 193 Å². The maximum absolute atomic E-state index is 13.2. The van der Waals surface area contributed by atoms with E-state index in [1.54, 1.807) is 4.90 Å². The minimum atomic E-state index is -0.487. The fraction of sp³-hybridized carbons (Fsp3) is 0.481. The molecule has 0 heterocycles. The standard InChI is InChI=1S/C27H38N2O3/c1-6-25(27(31)28-18-20(2)3)29(19-23-11-8-7-10-22(23)5)26(30)12-9-17-32-24-15-13-21(4)14-16-24/h7-8,10-11,13-16,20,25H,6,9,12,17-19H2,1-5H3,(H,28,31)/t25-/m0/s1. The first-order valence-electron chi connectivity index (χ1n) is 11.6. The largest absolute Gasteiger partial charge is 0.494 e. The highest BCUT2D eigenvalue weighted by Crippen LogP contribution is 2.17. The van der Waals surface area contributed by atoms with Crippen molar-refractivity contribution in [1.82, 2.24) is 10.2 Å². The van der Waals surface area contributed by atoms with Crippen LogP contribution in [-0.4, -0.2) is 35.9 Å². The van der Waals surface area contributed by atoms with E-state index in [2.05, 4.69) is 19.2 Å². The van der Waals surface area contributed by atoms with Crippen molar-refractivity contribution >= 4 is 11.8 Å². The predicted octanol–water partition coefficient (Wildman–Crippen LogP) is 5.04. The summed E-state index contributed by atoms with van der Waals surface area (Å²) in [6.07, 6.45) is 1.51. The molecule has 2 aromatic rings. The van der Waals surface area contributed by atoms with Crippen LogP contribution in [0.2, 0.25) is 0 Å². The second kappa shape index (κ2) is 12.9. The van der Waals surface area contributed by atoms with Gasteiger partial charge in [0.25, 0.3) is 0 Å². The molecule has 5 nitrogen and oxygen atoms in total. The summed E-state index contributed by atoms with van der Waals surface area (Å²) >= 11 is 0. The highest BCUT2D eigenvalue weighted by molar-refractivity contribution is 5.87. The van der Waals surface area contributed by atoms with Crippen molar-refractivity contribution in [3.05, 3.63) is 65.2 Å². The Morgan fingerprint density at radius 3 is 2.34 bits per heavy atom. The van der Waals surface area contributed by atoms with Crippen LogP contribution in [0.5, 0.6) is 5.75 Å². The molecule has 0 bridgehead atoms. The van der Waals surface area contributed by atoms with Gasteiger partial charge in [-0.15, -0.1) is 0 Å². The topological polar surface area (TPSA) is 58.6 Å². The van der Waals surface area contributed by atoms with Gasteiger partial charge in [-0.05, 0) is 55.9 Å². The summed E-state index contributed by atoms with van der Waals surface area (Å²) in [5, 5.41) is 3.00. The first-order valence-corrected chi connectivity index (χ1v) is 11.6. The van der Waals surface area contributed by atoms with Crippen molar-refractivity contribution in [3.63, 3.8) is 0 Å². The minimum Gasteiger partial charge on any atom is -0.494 e. The van der Waals surface area contributed by atoms with Crippen LogP contribution in [0.15, 0.2) is 48.5 Å². The van der Waals surface area contributed by atoms with Gasteiger partial charge in [-0.25, -0.2) is 0 Å². The van der Waals surface area contributed by atoms with Gasteiger partial charge in [-0.1, -0.05) is 62.7 Å². The third kappa shape index (κ3) is 8.03. The summed E-state index contributed by atoms with van der Waals surface area (Å²) in [4.78, 5) is 27.9. The number of hydrogen-bond acceptors (Lipinski definition) is 3. The Bertz CT molecular complexity index is 861. The molecule has 0 saturated heterocycles. The average Bonchev–Trinajstić information content (AvgIpc) is 2.77. The molecule has 0 saturated carbocycles. The van der Waals surface area contributed by atoms with Crippen LogP contribution in [0.4, 0.5) is 0 Å². The molecule has 0 spiro atoms. The zero-order valence-corrected chi connectivity index (χ0v) is 20.2. The minimum absolute atomic E-state index is 0.0210. The molecule has 0 unspecified atom stereocenters. The van der Waals surface area contributed by atoms with Crippen LogP contribution < -0.4 is 10.1 Å². The van der Waals surface area contributed by atoms with E-state index in [0.717, 1.165) is 16.9 Å². The van der Waals surface area contributed by atoms with Crippen molar-refractivity contribution in [3.8, 4) is 5.75 Å². The van der Waals surface area contributed by atoms with E-state index in [1.807, 2.05) is 69.3 Å². The van der Waals surface area contributed by atoms with Gasteiger partial charge in [-0.3, -0.25) is 9.59 Å². The normalized spacial score (nSPS) is 11.8. The number of carbonyl (C=O) groups is 2. The highest BCUT2D eigenvalue weighted by atomic mass is 16.5. The summed E-state index contributed by atoms with van der Waals surface area (Å²) in [7, 11) is 0. The van der Waals surface area contributed by atoms with Gasteiger partial charge >= 0.3 is 0 Å². The van der Waals surface area contributed by atoms with E-state index in [0.29, 0.717) is 44.9 Å². The molecule has 0 aromatic heterocycles. The van der Waals surface area contributed by atoms with Crippen molar-refractivity contribution < 1.29 is 14.3 Å². The monoisotopic (exact) mass is 438 g/mol. The molecule has 0 aliphatic carbocycles. The molecular formula is C27H38N2O3. The third-order valence-electron chi connectivity index (χ3n) is 5.50. The van der Waals surface area contributed by atoms with Gasteiger partial charge in [0.15, 0.2) is 0 Å². The second-order valence-corrected chi connectivity index (χ2v) is 8.78. The lowest BCUT2D eigenvalue weighted by Crippen LogP contribution is -2.49. The lowest BCUT2D eigenvalue weighted by atomic mass is 10.0. The smallest absolute Gasteiger partial charge is 0.242 e. The average molecular weight is 439 g/mol. The van der Waals surface area contributed by atoms with Gasteiger partial charge in [0.05, 0.1) is 6.61 Å². The molecule has 174 valence electrons. The van der Waals surface area contributed by atoms with Crippen molar-refractivity contribution in [2.45, 2.75) is 66.5 Å². The number of rotatable bonds is 12. The molecule has 2 rings (SSSR count). The Balaban J connectivity index is 2.05. The summed E-state index contributed by atoms with van der Waals surface area (Å²) in [6.45, 7) is 11.6. The fourth-order valence-electron chi connectivity index (χ4n) is 3.50. The summed E-state index contributed by atoms with van der Waals surface area (Å²) < 4.78 is 5.78. The number of benzene rings is 2. The first kappa shape index (κ1) is 25.4. The van der Waals surface area contributed by atoms with Crippen molar-refractivity contribution in [1.29, 1.82) is 0 Å². The number of hydrogen-bond donors (Lipinski definition) is 1. The van der Waals surface area contributed by atoms with E-state index in [4.69, 9.17) is 4.74 Å². The van der Waals surface area contributed by atoms with Gasteiger partial charge in [0.1, 0.15) is 11.8 Å². The molecule has 1 atom stereocenters. The van der Waals surface area contributed by atoms with Gasteiger partial charge in [0.2, 0.25) is 11.8 Å². The van der Waals surface area contributed by atoms with Crippen LogP contribution in [0.25, 0.3) is 0 Å². The molecule has 2 amide bonds. The summed E-state index contributed by atoms with van der Waals surface area (Å²) in [5.74, 6) is 1.06. The fourth-order valence-corrected chi connectivity index (χ4v) is 3.50. The van der Waals surface area contributed by atoms with E-state index in [1.165, 1.54) is 5.56 Å². The molecule has 2 aromatic carbocycles. The molecule has 1 N–H and O–H groups in total. The molecule has 0 radical (unpaired) electrons. The van der Waals surface area contributed by atoms with Crippen LogP contribution in [0.1, 0.15) is 56.7 Å². The summed E-state index contributed by atoms with van der Waals surface area (Å²) in [5.41, 5.74) is 3.36. The first-order chi connectivity index (χ1) is 15.3. The lowest BCUT2D eigenvalue weighted by molar-refractivity contribution is -0.141. The van der Waals surface area contributed by atoms with Gasteiger partial charge in [0, 0.05) is 19.5 Å². The van der Waals surface area contributed by atoms with Crippen molar-refractivity contribution in [2.24, 2.45) is 5.92 Å². The van der Waals surface area contributed by atoms with Gasteiger partial charge in [-0.2, -0.15) is 0 Å². The van der Waals surface area contributed by atoms with Crippen LogP contribution in [-0.2, 0) is 16.1 Å². The number of amides is 2. The Hall–Kier alpha value is -2.82. The predicted molar refractivity (Wildman–Crippen MR) is 130 cm³/mol. The molecule has 0 aliphatic rings. The Morgan fingerprint density at radius 1 is 1.03 bits per heavy atom. The zero-order chi connectivity index (χ0) is 23.5. The van der Waals surface area contributed by atoms with Gasteiger partial charge < -0.3 is 15.0 Å². The number of carbonyl (C=O) groups excluding carboxylic acids is 2. The molecule has 32 heavy (non-hydrogen) atoms. The lowest BCUT2D eigenvalue weighted by Gasteiger charge is -2.31. The van der Waals surface area contributed by atoms with Crippen LogP contribution in [0, 0.1) is 19.8 Å². The molecular weight excluding hydrogens is 400 g/mol. The SMILES string of the molecule is CC[C@@H](C(=O)NCC(C)C)N(Cc1ccccc1C)C(=O)CCCOc1ccc(C)cc1. The Kier molecular flexibility index (Phi) is 10.3. The Morgan fingerprint density at radius 2 is 1.72 bits per heavy atom. The summed E-state index contributed by atoms with van der Waals surface area (Å²) in [6, 6.07) is 15.4. The molecule has 0 aliphatic heterocycles. The third-order valence-corrected chi connectivity index (χ3v) is 5.50. The second-order valence-electron chi connectivity index (χ2n) is 8.78. The number of ether oxygens (including phenoxy) is 1. The number of nitrogens with one attached hydrogen (secondary N) is 1. The van der Waals surface area contributed by atoms with E-state index < -0.39 is 6.04 Å². The van der Waals surface area contributed by atoms with E-state index >= 15 is 0 Å². The maximum atomic E-state index is 13.2. The van der Waals surface area contributed by atoms with E-state index in [9.17, 15) is 9.59 Å². The maximum Gasteiger partial charge on any atom is 0.242 e. The molecule has 5 heteroatoms. The van der Waals surface area contributed by atoms with E-state index in [-0.39, 0.29) is 11.8 Å². The zero-order valence-electron chi connectivity index (χ0n) is 20.2. The number of aryl methyl sites for hydroxylation is 2. The highest BCUT2D eigenvalue weighted by Gasteiger charge is 2.28. The molecule has 0 fully saturated rings. The van der Waals surface area contributed by atoms with Crippen LogP contribution in [0.3, 0.4) is 0 Å². The van der Waals surface area contributed by atoms with Crippen molar-refractivity contribution in [2.75, 3.05) is 13.2 Å².